The molecule has 0 aliphatic rings. The first-order valence-electron chi connectivity index (χ1n) is 11.3. The van der Waals surface area contributed by atoms with Crippen molar-refractivity contribution in [3.05, 3.63) is 114 Å². The lowest BCUT2D eigenvalue weighted by atomic mass is 10.0. The molecule has 0 bridgehead atoms. The molecule has 174 valence electrons. The average molecular weight is 480 g/mol. The molecule has 0 aromatic heterocycles. The largest absolute Gasteiger partial charge is 0.332 e. The van der Waals surface area contributed by atoms with Gasteiger partial charge < -0.3 is 10.2 Å². The van der Waals surface area contributed by atoms with Gasteiger partial charge in [0.15, 0.2) is 5.11 Å². The van der Waals surface area contributed by atoms with E-state index < -0.39 is 0 Å². The van der Waals surface area contributed by atoms with Gasteiger partial charge in [0, 0.05) is 29.6 Å². The highest BCUT2D eigenvalue weighted by atomic mass is 32.1. The van der Waals surface area contributed by atoms with Gasteiger partial charge in [0.25, 0.3) is 5.91 Å². The molecule has 0 aliphatic carbocycles. The highest BCUT2D eigenvalue weighted by Crippen LogP contribution is 2.20. The summed E-state index contributed by atoms with van der Waals surface area (Å²) in [5.41, 5.74) is 2.91. The lowest BCUT2D eigenvalue weighted by molar-refractivity contribution is -0.115. The molecule has 4 rings (SSSR count). The zero-order valence-corrected chi connectivity index (χ0v) is 20.1. The van der Waals surface area contributed by atoms with Gasteiger partial charge in [-0.25, -0.2) is 0 Å². The van der Waals surface area contributed by atoms with Crippen LogP contribution in [0.15, 0.2) is 103 Å². The maximum atomic E-state index is 13.1. The molecule has 4 aromatic rings. The lowest BCUT2D eigenvalue weighted by Gasteiger charge is -2.21. The smallest absolute Gasteiger partial charge is 0.258 e. The van der Waals surface area contributed by atoms with Gasteiger partial charge in [-0.05, 0) is 71.9 Å². The van der Waals surface area contributed by atoms with E-state index in [4.69, 9.17) is 12.2 Å². The Kier molecular flexibility index (Phi) is 7.65. The monoisotopic (exact) mass is 479 g/mol. The standard InChI is InChI=1S/C29H25N3O2S/c1-2-32(25-15-4-3-5-16-25)28(34)23-13-9-14-24(20-23)30-29(35)31-27(33)19-18-22-12-8-11-21-10-6-7-17-26(21)22/h3-20H,2H2,1H3,(H2,30,31,33,35)/b19-18+. The van der Waals surface area contributed by atoms with Gasteiger partial charge in [-0.15, -0.1) is 0 Å². The minimum Gasteiger partial charge on any atom is -0.332 e. The van der Waals surface area contributed by atoms with Crippen LogP contribution in [0.2, 0.25) is 0 Å². The number of fused-ring (bicyclic) bond motifs is 1. The van der Waals surface area contributed by atoms with Gasteiger partial charge in [0.1, 0.15) is 0 Å². The number of anilines is 2. The van der Waals surface area contributed by atoms with Crippen LogP contribution in [0, 0.1) is 0 Å². The van der Waals surface area contributed by atoms with Crippen molar-refractivity contribution in [2.45, 2.75) is 6.92 Å². The second kappa shape index (κ2) is 11.2. The molecule has 0 fully saturated rings. The van der Waals surface area contributed by atoms with Crippen LogP contribution in [0.4, 0.5) is 11.4 Å². The first-order valence-corrected chi connectivity index (χ1v) is 11.7. The fraction of sp³-hybridized carbons (Fsp3) is 0.0690. The van der Waals surface area contributed by atoms with Crippen molar-refractivity contribution in [3.63, 3.8) is 0 Å². The van der Waals surface area contributed by atoms with Crippen molar-refractivity contribution < 1.29 is 9.59 Å². The Morgan fingerprint density at radius 1 is 0.886 bits per heavy atom. The molecule has 0 unspecified atom stereocenters. The third-order valence-electron chi connectivity index (χ3n) is 5.47. The van der Waals surface area contributed by atoms with Crippen molar-refractivity contribution in [3.8, 4) is 0 Å². The van der Waals surface area contributed by atoms with E-state index in [1.165, 1.54) is 6.08 Å². The zero-order chi connectivity index (χ0) is 24.6. The molecule has 0 saturated carbocycles. The van der Waals surface area contributed by atoms with E-state index in [1.54, 1.807) is 35.2 Å². The summed E-state index contributed by atoms with van der Waals surface area (Å²) in [6, 6.07) is 30.5. The normalized spacial score (nSPS) is 10.8. The number of carbonyl (C=O) groups is 2. The Bertz CT molecular complexity index is 1390. The molecule has 6 heteroatoms. The summed E-state index contributed by atoms with van der Waals surface area (Å²) in [7, 11) is 0. The summed E-state index contributed by atoms with van der Waals surface area (Å²) in [5, 5.41) is 7.97. The van der Waals surface area contributed by atoms with Crippen LogP contribution in [0.25, 0.3) is 16.8 Å². The minimum absolute atomic E-state index is 0.115. The van der Waals surface area contributed by atoms with E-state index in [1.807, 2.05) is 79.7 Å². The summed E-state index contributed by atoms with van der Waals surface area (Å²) in [6.07, 6.45) is 3.22. The van der Waals surface area contributed by atoms with Crippen LogP contribution in [0.5, 0.6) is 0 Å². The molecule has 0 saturated heterocycles. The van der Waals surface area contributed by atoms with Gasteiger partial charge in [-0.3, -0.25) is 14.9 Å². The number of nitrogens with one attached hydrogen (secondary N) is 2. The number of nitrogens with zero attached hydrogens (tertiary/aromatic N) is 1. The molecule has 5 nitrogen and oxygen atoms in total. The second-order valence-electron chi connectivity index (χ2n) is 7.81. The number of para-hydroxylation sites is 1. The third kappa shape index (κ3) is 5.99. The summed E-state index contributed by atoms with van der Waals surface area (Å²) in [5.74, 6) is -0.459. The predicted octanol–water partition coefficient (Wildman–Crippen LogP) is 6.03. The number of thiocarbonyl (C=S) groups is 1. The molecule has 35 heavy (non-hydrogen) atoms. The van der Waals surface area contributed by atoms with E-state index in [0.717, 1.165) is 22.0 Å². The zero-order valence-electron chi connectivity index (χ0n) is 19.3. The molecule has 0 aliphatic heterocycles. The number of rotatable bonds is 6. The predicted molar refractivity (Wildman–Crippen MR) is 148 cm³/mol. The molecule has 4 aromatic carbocycles. The number of hydrogen-bond acceptors (Lipinski definition) is 3. The van der Waals surface area contributed by atoms with E-state index in [9.17, 15) is 9.59 Å². The van der Waals surface area contributed by atoms with E-state index in [0.29, 0.717) is 17.8 Å². The molecule has 2 amide bonds. The topological polar surface area (TPSA) is 61.4 Å². The van der Waals surface area contributed by atoms with Crippen LogP contribution in [0.3, 0.4) is 0 Å². The summed E-state index contributed by atoms with van der Waals surface area (Å²) in [6.45, 7) is 2.47. The van der Waals surface area contributed by atoms with Crippen LogP contribution in [-0.4, -0.2) is 23.5 Å². The summed E-state index contributed by atoms with van der Waals surface area (Å²) in [4.78, 5) is 27.2. The van der Waals surface area contributed by atoms with Crippen LogP contribution >= 0.6 is 12.2 Å². The second-order valence-corrected chi connectivity index (χ2v) is 8.22. The van der Waals surface area contributed by atoms with Crippen molar-refractivity contribution in [2.75, 3.05) is 16.8 Å². The van der Waals surface area contributed by atoms with Gasteiger partial charge in [0.05, 0.1) is 0 Å². The highest BCUT2D eigenvalue weighted by Gasteiger charge is 2.16. The highest BCUT2D eigenvalue weighted by molar-refractivity contribution is 7.80. The quantitative estimate of drug-likeness (QED) is 0.262. The first kappa shape index (κ1) is 23.9. The van der Waals surface area contributed by atoms with E-state index >= 15 is 0 Å². The van der Waals surface area contributed by atoms with Gasteiger partial charge in [-0.1, -0.05) is 66.7 Å². The summed E-state index contributed by atoms with van der Waals surface area (Å²) < 4.78 is 0. The number of amides is 2. The Balaban J connectivity index is 1.40. The fourth-order valence-corrected chi connectivity index (χ4v) is 4.03. The Morgan fingerprint density at radius 2 is 1.60 bits per heavy atom. The Labute approximate surface area is 210 Å². The lowest BCUT2D eigenvalue weighted by Crippen LogP contribution is -2.33. The van der Waals surface area contributed by atoms with Crippen molar-refractivity contribution in [2.24, 2.45) is 0 Å². The Hall–Kier alpha value is -4.29. The first-order chi connectivity index (χ1) is 17.0. The average Bonchev–Trinajstić information content (AvgIpc) is 2.88. The molecule has 2 N–H and O–H groups in total. The Morgan fingerprint density at radius 3 is 2.40 bits per heavy atom. The summed E-state index contributed by atoms with van der Waals surface area (Å²) >= 11 is 5.31. The van der Waals surface area contributed by atoms with Gasteiger partial charge in [-0.2, -0.15) is 0 Å². The molecule has 0 spiro atoms. The number of benzene rings is 4. The number of carbonyl (C=O) groups excluding carboxylic acids is 2. The minimum atomic E-state index is -0.344. The van der Waals surface area contributed by atoms with Gasteiger partial charge >= 0.3 is 0 Å². The molecule has 0 atom stereocenters. The van der Waals surface area contributed by atoms with Crippen molar-refractivity contribution in [1.82, 2.24) is 5.32 Å². The molecular formula is C29H25N3O2S. The van der Waals surface area contributed by atoms with E-state index in [2.05, 4.69) is 10.6 Å². The van der Waals surface area contributed by atoms with E-state index in [-0.39, 0.29) is 16.9 Å². The van der Waals surface area contributed by atoms with Crippen LogP contribution in [-0.2, 0) is 4.79 Å². The third-order valence-corrected chi connectivity index (χ3v) is 5.68. The maximum Gasteiger partial charge on any atom is 0.258 e. The van der Waals surface area contributed by atoms with Crippen LogP contribution < -0.4 is 15.5 Å². The molecule has 0 radical (unpaired) electrons. The van der Waals surface area contributed by atoms with Gasteiger partial charge in [0.2, 0.25) is 5.91 Å². The SMILES string of the molecule is CCN(C(=O)c1cccc(NC(=S)NC(=O)/C=C/c2cccc3ccccc23)c1)c1ccccc1. The maximum absolute atomic E-state index is 13.1. The number of hydrogen-bond donors (Lipinski definition) is 2. The van der Waals surface area contributed by atoms with Crippen molar-refractivity contribution >= 4 is 57.4 Å². The van der Waals surface area contributed by atoms with Crippen LogP contribution in [0.1, 0.15) is 22.8 Å². The molecular weight excluding hydrogens is 454 g/mol. The fourth-order valence-electron chi connectivity index (χ4n) is 3.81. The van der Waals surface area contributed by atoms with Crippen molar-refractivity contribution in [1.29, 1.82) is 0 Å². The molecule has 0 heterocycles.